The van der Waals surface area contributed by atoms with E-state index in [1.54, 1.807) is 48.5 Å². The highest BCUT2D eigenvalue weighted by molar-refractivity contribution is 7.96. The Morgan fingerprint density at radius 2 is 1.76 bits per heavy atom. The molecule has 3 aromatic rings. The Kier molecular flexibility index (Phi) is 3.35. The summed E-state index contributed by atoms with van der Waals surface area (Å²) in [6.45, 7) is 0. The first kappa shape index (κ1) is 13.6. The highest BCUT2D eigenvalue weighted by Crippen LogP contribution is 2.29. The number of fused-ring (bicyclic) bond motifs is 1. The second-order valence-electron chi connectivity index (χ2n) is 4.66. The van der Waals surface area contributed by atoms with Crippen molar-refractivity contribution in [3.63, 3.8) is 0 Å². The van der Waals surface area contributed by atoms with E-state index < -0.39 is 10.9 Å². The van der Waals surface area contributed by atoms with Crippen LogP contribution in [0.3, 0.4) is 0 Å². The summed E-state index contributed by atoms with van der Waals surface area (Å²) >= 11 is 0. The summed E-state index contributed by atoms with van der Waals surface area (Å²) in [5, 5.41) is 22.4. The zero-order valence-corrected chi connectivity index (χ0v) is 12.1. The molecular formula is C16H13NO3S. The summed E-state index contributed by atoms with van der Waals surface area (Å²) in [6, 6.07) is 13.6. The summed E-state index contributed by atoms with van der Waals surface area (Å²) in [4.78, 5) is 16.1. The smallest absolute Gasteiger partial charge is 0.303 e. The van der Waals surface area contributed by atoms with E-state index in [0.717, 1.165) is 4.90 Å². The minimum Gasteiger partial charge on any atom is -0.868 e. The van der Waals surface area contributed by atoms with Crippen molar-refractivity contribution in [3.8, 4) is 11.5 Å². The fraction of sp³-hybridized carbons (Fsp3) is 0.0625. The van der Waals surface area contributed by atoms with Gasteiger partial charge in [-0.3, -0.25) is 4.79 Å². The predicted molar refractivity (Wildman–Crippen MR) is 81.9 cm³/mol. The van der Waals surface area contributed by atoms with Gasteiger partial charge in [-0.05, 0) is 41.5 Å². The van der Waals surface area contributed by atoms with Gasteiger partial charge in [-0.2, -0.15) is 0 Å². The van der Waals surface area contributed by atoms with Crippen molar-refractivity contribution in [2.75, 3.05) is 6.26 Å². The second-order valence-corrected chi connectivity index (χ2v) is 6.56. The van der Waals surface area contributed by atoms with E-state index in [4.69, 9.17) is 0 Å². The third-order valence-corrected chi connectivity index (χ3v) is 5.29. The van der Waals surface area contributed by atoms with Crippen LogP contribution in [0.4, 0.5) is 0 Å². The number of aromatic amines is 1. The minimum atomic E-state index is -0.652. The van der Waals surface area contributed by atoms with E-state index in [2.05, 4.69) is 4.98 Å². The van der Waals surface area contributed by atoms with E-state index in [9.17, 15) is 15.0 Å². The molecule has 0 radical (unpaired) electrons. The maximum absolute atomic E-state index is 12.6. The van der Waals surface area contributed by atoms with Crippen molar-refractivity contribution >= 4 is 21.8 Å². The van der Waals surface area contributed by atoms with Crippen molar-refractivity contribution in [2.45, 2.75) is 9.79 Å². The molecule has 1 unspecified atom stereocenters. The average molecular weight is 299 g/mol. The molecule has 0 aliphatic heterocycles. The summed E-state index contributed by atoms with van der Waals surface area (Å²) in [5.74, 6) is -0.0706. The molecule has 1 aromatic heterocycles. The molecule has 0 bridgehead atoms. The number of pyridine rings is 1. The van der Waals surface area contributed by atoms with Gasteiger partial charge in [0, 0.05) is 5.52 Å². The number of aromatic hydroxyl groups is 1. The number of benzene rings is 2. The Hall–Kier alpha value is -2.40. The van der Waals surface area contributed by atoms with E-state index in [0.29, 0.717) is 10.9 Å². The number of hydrogen-bond acceptors (Lipinski definition) is 3. The fourth-order valence-corrected chi connectivity index (χ4v) is 3.74. The Morgan fingerprint density at radius 1 is 1.10 bits per heavy atom. The van der Waals surface area contributed by atoms with Gasteiger partial charge >= 0.3 is 5.56 Å². The molecule has 0 amide bonds. The van der Waals surface area contributed by atoms with Crippen LogP contribution in [0.1, 0.15) is 0 Å². The number of rotatable bonds is 2. The van der Waals surface area contributed by atoms with Crippen LogP contribution in [0.5, 0.6) is 11.5 Å². The summed E-state index contributed by atoms with van der Waals surface area (Å²) < 4.78 is 0. The molecule has 1 atom stereocenters. The molecule has 106 valence electrons. The van der Waals surface area contributed by atoms with Crippen LogP contribution in [0, 0.1) is 0 Å². The van der Waals surface area contributed by atoms with Crippen molar-refractivity contribution in [2.24, 2.45) is 0 Å². The lowest BCUT2D eigenvalue weighted by molar-refractivity contribution is -0.270. The first-order valence-corrected chi connectivity index (χ1v) is 7.98. The fourth-order valence-electron chi connectivity index (χ4n) is 2.24. The number of hydrogen-bond donors (Lipinski definition) is 2. The number of phenolic OH excluding ortho intramolecular Hbond substituents is 1. The minimum absolute atomic E-state index is 0.158. The predicted octanol–water partition coefficient (Wildman–Crippen LogP) is 1.97. The van der Waals surface area contributed by atoms with Crippen molar-refractivity contribution in [1.82, 2.24) is 4.98 Å². The van der Waals surface area contributed by atoms with E-state index in [1.807, 2.05) is 6.26 Å². The largest absolute Gasteiger partial charge is 0.868 e. The SMILES string of the molecule is C[S+](c1ccc(O)cc1)c1c([O-])c2ccccc2[nH]c1=O. The Labute approximate surface area is 124 Å². The molecule has 2 aromatic carbocycles. The molecule has 0 aliphatic carbocycles. The molecule has 21 heavy (non-hydrogen) atoms. The molecule has 0 aliphatic rings. The third kappa shape index (κ3) is 2.36. The van der Waals surface area contributed by atoms with Crippen LogP contribution < -0.4 is 10.7 Å². The highest BCUT2D eigenvalue weighted by atomic mass is 32.2. The summed E-state index contributed by atoms with van der Waals surface area (Å²) in [6.07, 6.45) is 1.84. The summed E-state index contributed by atoms with van der Waals surface area (Å²) in [7, 11) is -0.652. The van der Waals surface area contributed by atoms with Gasteiger partial charge in [0.15, 0.2) is 4.90 Å². The molecule has 5 heteroatoms. The topological polar surface area (TPSA) is 76.2 Å². The molecule has 1 heterocycles. The highest BCUT2D eigenvalue weighted by Gasteiger charge is 2.25. The zero-order valence-electron chi connectivity index (χ0n) is 11.3. The van der Waals surface area contributed by atoms with Gasteiger partial charge in [0.2, 0.25) is 4.90 Å². The van der Waals surface area contributed by atoms with Crippen molar-refractivity contribution in [3.05, 3.63) is 58.9 Å². The molecule has 0 spiro atoms. The zero-order chi connectivity index (χ0) is 15.0. The van der Waals surface area contributed by atoms with Gasteiger partial charge in [-0.1, -0.05) is 18.2 Å². The number of para-hydroxylation sites is 1. The van der Waals surface area contributed by atoms with Gasteiger partial charge in [0.1, 0.15) is 12.0 Å². The third-order valence-electron chi connectivity index (χ3n) is 3.33. The summed E-state index contributed by atoms with van der Waals surface area (Å²) in [5.41, 5.74) is 0.205. The number of aromatic nitrogens is 1. The van der Waals surface area contributed by atoms with E-state index >= 15 is 0 Å². The van der Waals surface area contributed by atoms with E-state index in [-0.39, 0.29) is 22.0 Å². The molecule has 0 saturated heterocycles. The molecule has 0 saturated carbocycles. The maximum atomic E-state index is 12.6. The lowest BCUT2D eigenvalue weighted by Gasteiger charge is -2.14. The first-order chi connectivity index (χ1) is 10.1. The Balaban J connectivity index is 2.20. The van der Waals surface area contributed by atoms with Gasteiger partial charge in [0.05, 0.1) is 10.9 Å². The lowest BCUT2D eigenvalue weighted by atomic mass is 10.2. The van der Waals surface area contributed by atoms with Crippen LogP contribution in [0.15, 0.2) is 63.1 Å². The molecule has 0 fully saturated rings. The molecule has 2 N–H and O–H groups in total. The van der Waals surface area contributed by atoms with Gasteiger partial charge < -0.3 is 15.2 Å². The standard InChI is InChI=1S/C16H13NO3S/c1-21(11-8-6-10(18)7-9-11)15-14(19)12-4-2-3-5-13(12)17-16(15)20/h2-9H,1H3,(H2-,17,18,19,20). The van der Waals surface area contributed by atoms with Crippen molar-refractivity contribution < 1.29 is 10.2 Å². The molecule has 3 rings (SSSR count). The lowest BCUT2D eigenvalue weighted by Crippen LogP contribution is -2.20. The molecule has 4 nitrogen and oxygen atoms in total. The number of phenols is 1. The van der Waals surface area contributed by atoms with Crippen LogP contribution in [-0.2, 0) is 10.9 Å². The monoisotopic (exact) mass is 299 g/mol. The van der Waals surface area contributed by atoms with Gasteiger partial charge in [-0.25, -0.2) is 0 Å². The number of nitrogens with one attached hydrogen (secondary N) is 1. The van der Waals surface area contributed by atoms with Crippen LogP contribution >= 0.6 is 0 Å². The quantitative estimate of drug-likeness (QED) is 0.710. The maximum Gasteiger partial charge on any atom is 0.303 e. The van der Waals surface area contributed by atoms with Gasteiger partial charge in [0.25, 0.3) is 0 Å². The molecular weight excluding hydrogens is 286 g/mol. The van der Waals surface area contributed by atoms with E-state index in [1.165, 1.54) is 0 Å². The first-order valence-electron chi connectivity index (χ1n) is 6.35. The van der Waals surface area contributed by atoms with Crippen LogP contribution in [-0.4, -0.2) is 16.3 Å². The van der Waals surface area contributed by atoms with Crippen LogP contribution in [0.25, 0.3) is 10.9 Å². The second kappa shape index (κ2) is 5.18. The Morgan fingerprint density at radius 3 is 2.48 bits per heavy atom. The number of H-pyrrole nitrogens is 1. The normalized spacial score (nSPS) is 12.4. The van der Waals surface area contributed by atoms with Gasteiger partial charge in [-0.15, -0.1) is 0 Å². The van der Waals surface area contributed by atoms with Crippen molar-refractivity contribution in [1.29, 1.82) is 0 Å². The average Bonchev–Trinajstić information content (AvgIpc) is 2.48. The van der Waals surface area contributed by atoms with Crippen LogP contribution in [0.2, 0.25) is 0 Å². The Bertz CT molecular complexity index is 856.